The predicted octanol–water partition coefficient (Wildman–Crippen LogP) is 3.95. The first-order valence-electron chi connectivity index (χ1n) is 8.52. The first-order valence-corrected chi connectivity index (χ1v) is 9.69. The molecule has 1 fully saturated rings. The number of amides is 4. The number of urea groups is 1. The van der Waals surface area contributed by atoms with E-state index in [1.165, 1.54) is 13.2 Å². The average Bonchev–Trinajstić information content (AvgIpc) is 2.91. The van der Waals surface area contributed by atoms with Crippen LogP contribution in [0.2, 0.25) is 5.02 Å². The minimum absolute atomic E-state index is 0.0475. The van der Waals surface area contributed by atoms with Gasteiger partial charge in [-0.25, -0.2) is 9.69 Å². The van der Waals surface area contributed by atoms with Crippen LogP contribution < -0.4 is 15.4 Å². The molecular weight excluding hydrogens is 462 g/mol. The summed E-state index contributed by atoms with van der Waals surface area (Å²) in [6, 6.07) is 9.82. The van der Waals surface area contributed by atoms with Gasteiger partial charge in [0.25, 0.3) is 5.91 Å². The van der Waals surface area contributed by atoms with Crippen molar-refractivity contribution in [3.8, 4) is 5.75 Å². The summed E-state index contributed by atoms with van der Waals surface area (Å²) in [5.74, 6) is -0.615. The van der Waals surface area contributed by atoms with Gasteiger partial charge < -0.3 is 15.4 Å². The number of nitrogens with one attached hydrogen (secondary N) is 2. The molecule has 1 aliphatic rings. The molecule has 0 unspecified atom stereocenters. The minimum Gasteiger partial charge on any atom is -0.494 e. The highest BCUT2D eigenvalue weighted by Crippen LogP contribution is 2.34. The van der Waals surface area contributed by atoms with Crippen LogP contribution in [0.5, 0.6) is 5.75 Å². The highest BCUT2D eigenvalue weighted by atomic mass is 79.9. The summed E-state index contributed by atoms with van der Waals surface area (Å²) in [4.78, 5) is 37.8. The van der Waals surface area contributed by atoms with Crippen LogP contribution in [0.4, 0.5) is 10.5 Å². The molecule has 2 N–H and O–H groups in total. The monoisotopic (exact) mass is 477 g/mol. The van der Waals surface area contributed by atoms with Crippen molar-refractivity contribution in [3.05, 3.63) is 62.7 Å². The highest BCUT2D eigenvalue weighted by Gasteiger charge is 2.35. The third kappa shape index (κ3) is 4.78. The first-order chi connectivity index (χ1) is 13.8. The van der Waals surface area contributed by atoms with Gasteiger partial charge in [0.1, 0.15) is 12.2 Å². The van der Waals surface area contributed by atoms with Crippen molar-refractivity contribution in [2.75, 3.05) is 19.0 Å². The summed E-state index contributed by atoms with van der Waals surface area (Å²) in [5, 5.41) is 5.48. The van der Waals surface area contributed by atoms with Crippen LogP contribution >= 0.6 is 27.5 Å². The quantitative estimate of drug-likeness (QED) is 0.503. The molecule has 0 saturated carbocycles. The molecule has 2 aromatic carbocycles. The Hall–Kier alpha value is -2.84. The Bertz CT molecular complexity index is 998. The predicted molar refractivity (Wildman–Crippen MR) is 114 cm³/mol. The molecule has 0 aromatic heterocycles. The van der Waals surface area contributed by atoms with E-state index in [-0.39, 0.29) is 5.70 Å². The molecule has 0 spiro atoms. The number of imide groups is 1. The third-order valence-corrected chi connectivity index (χ3v) is 5.00. The lowest BCUT2D eigenvalue weighted by Gasteiger charge is -2.12. The molecule has 1 saturated heterocycles. The fourth-order valence-corrected chi connectivity index (χ4v) is 3.78. The third-order valence-electron chi connectivity index (χ3n) is 4.14. The Kier molecular flexibility index (Phi) is 6.24. The van der Waals surface area contributed by atoms with Gasteiger partial charge in [0.05, 0.1) is 16.6 Å². The van der Waals surface area contributed by atoms with E-state index in [1.54, 1.807) is 24.3 Å². The molecule has 1 aliphatic heterocycles. The van der Waals surface area contributed by atoms with Crippen LogP contribution in [0.15, 0.2) is 46.6 Å². The highest BCUT2D eigenvalue weighted by molar-refractivity contribution is 9.10. The number of benzene rings is 2. The number of carbonyl (C=O) groups is 3. The summed E-state index contributed by atoms with van der Waals surface area (Å²) in [6.07, 6.45) is 1.48. The zero-order valence-electron chi connectivity index (χ0n) is 15.6. The number of hydrogen-bond donors (Lipinski definition) is 2. The minimum atomic E-state index is -0.668. The van der Waals surface area contributed by atoms with Crippen LogP contribution in [0.1, 0.15) is 11.1 Å². The normalized spacial score (nSPS) is 14.9. The molecule has 0 radical (unpaired) electrons. The maximum Gasteiger partial charge on any atom is 0.329 e. The van der Waals surface area contributed by atoms with Gasteiger partial charge in [-0.2, -0.15) is 0 Å². The van der Waals surface area contributed by atoms with E-state index < -0.39 is 24.4 Å². The Morgan fingerprint density at radius 2 is 1.97 bits per heavy atom. The Balaban J connectivity index is 1.73. The maximum absolute atomic E-state index is 12.6. The van der Waals surface area contributed by atoms with Crippen LogP contribution in [0.3, 0.4) is 0 Å². The second-order valence-corrected chi connectivity index (χ2v) is 7.57. The summed E-state index contributed by atoms with van der Waals surface area (Å²) >= 11 is 9.49. The zero-order chi connectivity index (χ0) is 21.1. The second kappa shape index (κ2) is 8.67. The average molecular weight is 479 g/mol. The fourth-order valence-electron chi connectivity index (χ4n) is 2.72. The van der Waals surface area contributed by atoms with E-state index >= 15 is 0 Å². The standard InChI is InChI=1S/C20H17BrClN3O4/c1-11-3-5-13(6-4-11)23-17(26)10-25-19(27)16(24-20(25)28)9-12-7-14(21)18(29-2)15(22)8-12/h3-9H,10H2,1-2H3,(H,23,26)(H,24,28)/b16-9+. The van der Waals surface area contributed by atoms with E-state index in [9.17, 15) is 14.4 Å². The maximum atomic E-state index is 12.6. The van der Waals surface area contributed by atoms with Crippen LogP contribution in [0, 0.1) is 6.92 Å². The molecule has 7 nitrogen and oxygen atoms in total. The smallest absolute Gasteiger partial charge is 0.329 e. The molecular formula is C20H17BrClN3O4. The Labute approximate surface area is 180 Å². The number of rotatable bonds is 5. The van der Waals surface area contributed by atoms with Crippen molar-refractivity contribution < 1.29 is 19.1 Å². The van der Waals surface area contributed by atoms with Crippen molar-refractivity contribution in [1.82, 2.24) is 10.2 Å². The number of nitrogens with zero attached hydrogens (tertiary/aromatic N) is 1. The van der Waals surface area contributed by atoms with Crippen molar-refractivity contribution in [2.24, 2.45) is 0 Å². The van der Waals surface area contributed by atoms with Crippen molar-refractivity contribution >= 4 is 57.1 Å². The van der Waals surface area contributed by atoms with Gasteiger partial charge >= 0.3 is 6.03 Å². The second-order valence-electron chi connectivity index (χ2n) is 6.31. The van der Waals surface area contributed by atoms with E-state index in [1.807, 2.05) is 19.1 Å². The molecule has 2 aromatic rings. The largest absolute Gasteiger partial charge is 0.494 e. The summed E-state index contributed by atoms with van der Waals surface area (Å²) in [6.45, 7) is 1.53. The lowest BCUT2D eigenvalue weighted by molar-refractivity contribution is -0.127. The molecule has 0 bridgehead atoms. The van der Waals surface area contributed by atoms with Crippen LogP contribution in [0.25, 0.3) is 6.08 Å². The number of aryl methyl sites for hydroxylation is 1. The topological polar surface area (TPSA) is 87.7 Å². The summed E-state index contributed by atoms with van der Waals surface area (Å²) in [7, 11) is 1.49. The lowest BCUT2D eigenvalue weighted by Crippen LogP contribution is -2.38. The van der Waals surface area contributed by atoms with Gasteiger partial charge in [-0.05, 0) is 58.8 Å². The van der Waals surface area contributed by atoms with Gasteiger partial charge in [-0.1, -0.05) is 29.3 Å². The summed E-state index contributed by atoms with van der Waals surface area (Å²) < 4.78 is 5.77. The number of carbonyl (C=O) groups excluding carboxylic acids is 3. The molecule has 4 amide bonds. The number of anilines is 1. The lowest BCUT2D eigenvalue weighted by atomic mass is 10.2. The number of ether oxygens (including phenoxy) is 1. The summed E-state index contributed by atoms with van der Waals surface area (Å²) in [5.41, 5.74) is 2.27. The zero-order valence-corrected chi connectivity index (χ0v) is 17.9. The van der Waals surface area contributed by atoms with E-state index in [2.05, 4.69) is 26.6 Å². The molecule has 0 aliphatic carbocycles. The van der Waals surface area contributed by atoms with E-state index in [0.717, 1.165) is 10.5 Å². The molecule has 1 heterocycles. The molecule has 9 heteroatoms. The first kappa shape index (κ1) is 20.9. The SMILES string of the molecule is COc1c(Cl)cc(/C=C2/NC(=O)N(CC(=O)Nc3ccc(C)cc3)C2=O)cc1Br. The van der Waals surface area contributed by atoms with Crippen LogP contribution in [-0.2, 0) is 9.59 Å². The number of halogens is 2. The van der Waals surface area contributed by atoms with Crippen LogP contribution in [-0.4, -0.2) is 36.4 Å². The van der Waals surface area contributed by atoms with E-state index in [4.69, 9.17) is 16.3 Å². The van der Waals surface area contributed by atoms with Gasteiger partial charge in [-0.3, -0.25) is 9.59 Å². The fraction of sp³-hybridized carbons (Fsp3) is 0.150. The number of methoxy groups -OCH3 is 1. The molecule has 29 heavy (non-hydrogen) atoms. The molecule has 0 atom stereocenters. The van der Waals surface area contributed by atoms with Gasteiger partial charge in [0, 0.05) is 5.69 Å². The Morgan fingerprint density at radius 3 is 2.59 bits per heavy atom. The van der Waals surface area contributed by atoms with Crippen molar-refractivity contribution in [3.63, 3.8) is 0 Å². The van der Waals surface area contributed by atoms with Gasteiger partial charge in [-0.15, -0.1) is 0 Å². The van der Waals surface area contributed by atoms with Crippen molar-refractivity contribution in [2.45, 2.75) is 6.92 Å². The van der Waals surface area contributed by atoms with Gasteiger partial charge in [0.15, 0.2) is 5.75 Å². The van der Waals surface area contributed by atoms with Gasteiger partial charge in [0.2, 0.25) is 5.91 Å². The number of hydrogen-bond acceptors (Lipinski definition) is 4. The van der Waals surface area contributed by atoms with E-state index in [0.29, 0.717) is 26.5 Å². The molecule has 150 valence electrons. The Morgan fingerprint density at radius 1 is 1.28 bits per heavy atom. The molecule has 3 rings (SSSR count). The van der Waals surface area contributed by atoms with Crippen molar-refractivity contribution in [1.29, 1.82) is 0 Å².